The lowest BCUT2D eigenvalue weighted by molar-refractivity contribution is -0.139. The molecule has 0 spiro atoms. The van der Waals surface area contributed by atoms with Crippen molar-refractivity contribution in [2.45, 2.75) is 50.9 Å². The third-order valence-electron chi connectivity index (χ3n) is 12.3. The molecule has 4 aliphatic heterocycles. The molecular weight excluding hydrogens is 774 g/mol. The van der Waals surface area contributed by atoms with E-state index in [1.54, 1.807) is 35.2 Å². The molecule has 1 unspecified atom stereocenters. The zero-order chi connectivity index (χ0) is 41.2. The van der Waals surface area contributed by atoms with Crippen LogP contribution in [0.4, 0.5) is 33.3 Å². The number of piperidine rings is 2. The molecule has 1 atom stereocenters. The van der Waals surface area contributed by atoms with Crippen LogP contribution in [0, 0.1) is 17.6 Å². The maximum Gasteiger partial charge on any atom is 0.406 e. The first-order chi connectivity index (χ1) is 28.3. The lowest BCUT2D eigenvalue weighted by atomic mass is 9.92. The van der Waals surface area contributed by atoms with Crippen LogP contribution in [0.25, 0.3) is 32.9 Å². The van der Waals surface area contributed by atoms with Gasteiger partial charge in [-0.3, -0.25) is 39.3 Å². The summed E-state index contributed by atoms with van der Waals surface area (Å²) in [7, 11) is 0. The predicted octanol–water partition coefficient (Wildman–Crippen LogP) is 6.53. The van der Waals surface area contributed by atoms with E-state index in [9.17, 15) is 32.3 Å². The van der Waals surface area contributed by atoms with Gasteiger partial charge in [0.1, 0.15) is 29.9 Å². The number of carbonyl (C=O) groups excluding carboxylic acids is 4. The fourth-order valence-electron chi connectivity index (χ4n) is 9.20. The number of nitrogens with zero attached hydrogens (tertiary/aromatic N) is 6. The maximum atomic E-state index is 15.7. The van der Waals surface area contributed by atoms with Crippen molar-refractivity contribution < 1.29 is 41.1 Å². The zero-order valence-corrected chi connectivity index (χ0v) is 31.9. The van der Waals surface area contributed by atoms with Gasteiger partial charge in [-0.05, 0) is 91.7 Å². The first-order valence-electron chi connectivity index (χ1n) is 19.8. The first-order valence-corrected chi connectivity index (χ1v) is 19.8. The molecule has 306 valence electrons. The Morgan fingerprint density at radius 3 is 2.17 bits per heavy atom. The molecule has 2 aromatic heterocycles. The van der Waals surface area contributed by atoms with E-state index >= 15 is 8.78 Å². The highest BCUT2D eigenvalue weighted by Gasteiger charge is 2.45. The molecule has 9 rings (SSSR count). The predicted molar refractivity (Wildman–Crippen MR) is 210 cm³/mol. The van der Waals surface area contributed by atoms with Crippen molar-refractivity contribution in [3.05, 3.63) is 89.8 Å². The number of rotatable bonds is 8. The Labute approximate surface area is 335 Å². The quantitative estimate of drug-likeness (QED) is 0.139. The second kappa shape index (κ2) is 15.0. The van der Waals surface area contributed by atoms with Crippen molar-refractivity contribution in [3.8, 4) is 11.1 Å². The van der Waals surface area contributed by atoms with Crippen molar-refractivity contribution in [3.63, 3.8) is 0 Å². The Morgan fingerprint density at radius 1 is 0.729 bits per heavy atom. The van der Waals surface area contributed by atoms with Crippen LogP contribution in [0.2, 0.25) is 0 Å². The van der Waals surface area contributed by atoms with Crippen molar-refractivity contribution in [1.29, 1.82) is 0 Å². The second-order valence-electron chi connectivity index (χ2n) is 15.8. The SMILES string of the molecule is O=C1CCC(N2C(=O)c3ccc(N4CCN(CCC5CCN(c6c(F)cc(-c7ccc8c9cnccc9n(CC(F)(F)F)c8c7)cc6F)CC5)CC4)cc3C2=O)C(=O)N1. The number of nitrogens with one attached hydrogen (secondary N) is 1. The van der Waals surface area contributed by atoms with Crippen LogP contribution in [0.3, 0.4) is 0 Å². The van der Waals surface area contributed by atoms with Gasteiger partial charge in [-0.1, -0.05) is 12.1 Å². The van der Waals surface area contributed by atoms with E-state index in [0.29, 0.717) is 59.5 Å². The van der Waals surface area contributed by atoms with Crippen LogP contribution in [-0.2, 0) is 16.1 Å². The Bertz CT molecular complexity index is 2500. The summed E-state index contributed by atoms with van der Waals surface area (Å²) in [4.78, 5) is 61.7. The normalized spacial score (nSPS) is 19.7. The molecule has 0 radical (unpaired) electrons. The van der Waals surface area contributed by atoms with E-state index < -0.39 is 54.0 Å². The largest absolute Gasteiger partial charge is 0.406 e. The standard InChI is InChI=1S/C43H40F5N7O4/c44-33-19-27(26-1-3-29-32-23-49-11-7-35(32)54(37(29)21-26)24-43(46,47)48)20-34(45)39(33)53-13-9-25(10-14-53)8-12-51-15-17-52(18-16-51)28-2-4-30-31(22-28)42(59)55(41(30)58)36-5-6-38(56)50-40(36)57/h1-4,7,11,19-23,25,36H,5-6,8-10,12-18,24H2,(H,50,56,57). The smallest absolute Gasteiger partial charge is 0.369 e. The number of anilines is 2. The molecule has 0 saturated carbocycles. The summed E-state index contributed by atoms with van der Waals surface area (Å²) in [6.07, 6.45) is 1.11. The zero-order valence-electron chi connectivity index (χ0n) is 31.9. The van der Waals surface area contributed by atoms with Gasteiger partial charge in [-0.25, -0.2) is 8.78 Å². The van der Waals surface area contributed by atoms with Gasteiger partial charge in [-0.15, -0.1) is 0 Å². The molecule has 0 bridgehead atoms. The Morgan fingerprint density at radius 2 is 1.46 bits per heavy atom. The second-order valence-corrected chi connectivity index (χ2v) is 15.8. The van der Waals surface area contributed by atoms with E-state index in [-0.39, 0.29) is 35.2 Å². The summed E-state index contributed by atoms with van der Waals surface area (Å²) in [6, 6.07) is 13.0. The molecule has 1 N–H and O–H groups in total. The lowest BCUT2D eigenvalue weighted by Crippen LogP contribution is -2.54. The summed E-state index contributed by atoms with van der Waals surface area (Å²) < 4.78 is 73.3. The van der Waals surface area contributed by atoms with Gasteiger partial charge < -0.3 is 14.4 Å². The topological polar surface area (TPSA) is 111 Å². The van der Waals surface area contributed by atoms with Crippen molar-refractivity contribution in [2.75, 3.05) is 55.6 Å². The Hall–Kier alpha value is -5.90. The molecular formula is C43H40F5N7O4. The van der Waals surface area contributed by atoms with Crippen LogP contribution in [0.5, 0.6) is 0 Å². The number of pyridine rings is 1. The molecule has 0 aliphatic carbocycles. The number of alkyl halides is 3. The molecule has 3 fully saturated rings. The summed E-state index contributed by atoms with van der Waals surface area (Å²) in [5.74, 6) is -3.19. The van der Waals surface area contributed by atoms with Crippen molar-refractivity contribution >= 4 is 56.8 Å². The minimum atomic E-state index is -4.48. The number of aromatic nitrogens is 2. The van der Waals surface area contributed by atoms with Gasteiger partial charge in [0, 0.05) is 74.5 Å². The average Bonchev–Trinajstić information content (AvgIpc) is 3.65. The van der Waals surface area contributed by atoms with Crippen molar-refractivity contribution in [2.24, 2.45) is 5.92 Å². The first kappa shape index (κ1) is 38.6. The maximum absolute atomic E-state index is 15.7. The highest BCUT2D eigenvalue weighted by atomic mass is 19.4. The molecule has 3 saturated heterocycles. The van der Waals surface area contributed by atoms with E-state index in [2.05, 4.69) is 20.1 Å². The molecule has 6 heterocycles. The van der Waals surface area contributed by atoms with Crippen LogP contribution < -0.4 is 15.1 Å². The van der Waals surface area contributed by atoms with E-state index in [0.717, 1.165) is 54.1 Å². The van der Waals surface area contributed by atoms with E-state index in [4.69, 9.17) is 0 Å². The van der Waals surface area contributed by atoms with Crippen LogP contribution in [0.1, 0.15) is 52.8 Å². The van der Waals surface area contributed by atoms with Gasteiger partial charge in [0.2, 0.25) is 11.8 Å². The van der Waals surface area contributed by atoms with Crippen LogP contribution >= 0.6 is 0 Å². The van der Waals surface area contributed by atoms with Gasteiger partial charge in [0.15, 0.2) is 0 Å². The van der Waals surface area contributed by atoms with Crippen LogP contribution in [0.15, 0.2) is 67.0 Å². The fourth-order valence-corrected chi connectivity index (χ4v) is 9.20. The lowest BCUT2D eigenvalue weighted by Gasteiger charge is -2.38. The molecule has 4 amide bonds. The minimum Gasteiger partial charge on any atom is -0.369 e. The Kier molecular flexibility index (Phi) is 9.84. The molecule has 59 heavy (non-hydrogen) atoms. The van der Waals surface area contributed by atoms with E-state index in [1.165, 1.54) is 30.6 Å². The number of piperazine rings is 1. The molecule has 16 heteroatoms. The number of hydrogen-bond acceptors (Lipinski definition) is 8. The van der Waals surface area contributed by atoms with E-state index in [1.807, 2.05) is 6.07 Å². The summed E-state index contributed by atoms with van der Waals surface area (Å²) in [5.41, 5.74) is 2.53. The summed E-state index contributed by atoms with van der Waals surface area (Å²) >= 11 is 0. The molecule has 11 nitrogen and oxygen atoms in total. The number of fused-ring (bicyclic) bond motifs is 4. The monoisotopic (exact) mass is 813 g/mol. The van der Waals surface area contributed by atoms with Gasteiger partial charge >= 0.3 is 6.18 Å². The molecule has 5 aromatic rings. The Balaban J connectivity index is 0.789. The highest BCUT2D eigenvalue weighted by molar-refractivity contribution is 6.23. The minimum absolute atomic E-state index is 0.0591. The average molecular weight is 814 g/mol. The van der Waals surface area contributed by atoms with Gasteiger partial charge in [0.25, 0.3) is 11.8 Å². The van der Waals surface area contributed by atoms with Gasteiger partial charge in [0.05, 0.1) is 22.2 Å². The van der Waals surface area contributed by atoms with Gasteiger partial charge in [-0.2, -0.15) is 13.2 Å². The number of hydrogen-bond donors (Lipinski definition) is 1. The summed E-state index contributed by atoms with van der Waals surface area (Å²) in [5, 5.41) is 3.35. The third-order valence-corrected chi connectivity index (χ3v) is 12.3. The summed E-state index contributed by atoms with van der Waals surface area (Å²) in [6.45, 7) is 3.66. The molecule has 4 aliphatic rings. The number of halogens is 5. The number of carbonyl (C=O) groups is 4. The van der Waals surface area contributed by atoms with Crippen molar-refractivity contribution in [1.82, 2.24) is 24.7 Å². The third kappa shape index (κ3) is 7.27. The molecule has 3 aromatic carbocycles. The number of imide groups is 2. The highest BCUT2D eigenvalue weighted by Crippen LogP contribution is 2.38. The fraction of sp³-hybridized carbons (Fsp3) is 0.372. The number of amides is 4. The number of benzene rings is 3. The van der Waals surface area contributed by atoms with Crippen LogP contribution in [-0.4, -0.2) is 101 Å².